The number of nitrogens with zero attached hydrogens (tertiary/aromatic N) is 1. The van der Waals surface area contributed by atoms with Crippen LogP contribution in [0.15, 0.2) is 10.3 Å². The van der Waals surface area contributed by atoms with Crippen LogP contribution in [0.25, 0.3) is 0 Å². The molecule has 1 aliphatic heterocycles. The number of fused-ring (bicyclic) bond motifs is 1. The monoisotopic (exact) mass is 270 g/mol. The standard InChI is InChI=1S/C13H20NOS2/c1-9-7-11-12(15)10(8-14(2,3)4)5-6-16-13(11)17-9/h7,10H,5-6,8H2,1-4H3/q+1. The summed E-state index contributed by atoms with van der Waals surface area (Å²) >= 11 is 3.62. The van der Waals surface area contributed by atoms with Crippen LogP contribution in [0.1, 0.15) is 21.7 Å². The minimum Gasteiger partial charge on any atom is -0.330 e. The van der Waals surface area contributed by atoms with Gasteiger partial charge in [0.25, 0.3) is 0 Å². The first-order valence-corrected chi connectivity index (χ1v) is 7.75. The molecular formula is C13H20NOS2+. The van der Waals surface area contributed by atoms with E-state index < -0.39 is 0 Å². The molecule has 4 heteroatoms. The summed E-state index contributed by atoms with van der Waals surface area (Å²) in [4.78, 5) is 13.8. The fraction of sp³-hybridized carbons (Fsp3) is 0.615. The highest BCUT2D eigenvalue weighted by molar-refractivity contribution is 8.01. The van der Waals surface area contributed by atoms with Gasteiger partial charge < -0.3 is 4.48 Å². The van der Waals surface area contributed by atoms with Crippen molar-refractivity contribution in [1.29, 1.82) is 0 Å². The van der Waals surface area contributed by atoms with E-state index in [2.05, 4.69) is 34.1 Å². The lowest BCUT2D eigenvalue weighted by Crippen LogP contribution is -2.41. The minimum absolute atomic E-state index is 0.192. The number of ketones is 1. The van der Waals surface area contributed by atoms with Gasteiger partial charge in [-0.3, -0.25) is 4.79 Å². The van der Waals surface area contributed by atoms with E-state index in [-0.39, 0.29) is 5.92 Å². The maximum absolute atomic E-state index is 12.5. The molecule has 0 fully saturated rings. The summed E-state index contributed by atoms with van der Waals surface area (Å²) in [5, 5.41) is 0. The summed E-state index contributed by atoms with van der Waals surface area (Å²) in [6, 6.07) is 2.07. The number of hydrogen-bond acceptors (Lipinski definition) is 3. The number of Topliss-reactive ketones (excluding diaryl/α,β-unsaturated/α-hetero) is 1. The molecule has 0 aromatic carbocycles. The largest absolute Gasteiger partial charge is 0.330 e. The van der Waals surface area contributed by atoms with Crippen LogP contribution < -0.4 is 0 Å². The normalized spacial score (nSPS) is 21.2. The van der Waals surface area contributed by atoms with Gasteiger partial charge in [0.2, 0.25) is 0 Å². The Labute approximate surface area is 112 Å². The van der Waals surface area contributed by atoms with Gasteiger partial charge in [-0.25, -0.2) is 0 Å². The van der Waals surface area contributed by atoms with Crippen molar-refractivity contribution in [2.24, 2.45) is 5.92 Å². The number of hydrogen-bond donors (Lipinski definition) is 0. The third-order valence-electron chi connectivity index (χ3n) is 2.93. The Morgan fingerprint density at radius 3 is 2.76 bits per heavy atom. The van der Waals surface area contributed by atoms with Gasteiger partial charge >= 0.3 is 0 Å². The van der Waals surface area contributed by atoms with E-state index in [1.165, 1.54) is 9.09 Å². The molecule has 1 unspecified atom stereocenters. The molecule has 0 bridgehead atoms. The summed E-state index contributed by atoms with van der Waals surface area (Å²) in [6.07, 6.45) is 1.01. The molecule has 0 N–H and O–H groups in total. The average molecular weight is 270 g/mol. The van der Waals surface area contributed by atoms with Crippen molar-refractivity contribution in [2.75, 3.05) is 33.4 Å². The zero-order chi connectivity index (χ0) is 12.6. The summed E-state index contributed by atoms with van der Waals surface area (Å²) < 4.78 is 2.09. The third-order valence-corrected chi connectivity index (χ3v) is 5.30. The van der Waals surface area contributed by atoms with Crippen LogP contribution >= 0.6 is 23.1 Å². The van der Waals surface area contributed by atoms with Gasteiger partial charge in [0.05, 0.1) is 37.8 Å². The lowest BCUT2D eigenvalue weighted by atomic mass is 9.96. The molecule has 2 heterocycles. The molecule has 2 nitrogen and oxygen atoms in total. The van der Waals surface area contributed by atoms with Crippen LogP contribution in [0, 0.1) is 12.8 Å². The van der Waals surface area contributed by atoms with Crippen molar-refractivity contribution < 1.29 is 9.28 Å². The molecule has 0 saturated carbocycles. The Bertz CT molecular complexity index is 431. The van der Waals surface area contributed by atoms with Crippen molar-refractivity contribution in [3.8, 4) is 0 Å². The molecule has 1 aromatic rings. The maximum atomic E-state index is 12.5. The van der Waals surface area contributed by atoms with Gasteiger partial charge in [-0.1, -0.05) is 0 Å². The summed E-state index contributed by atoms with van der Waals surface area (Å²) in [5.74, 6) is 1.63. The van der Waals surface area contributed by atoms with Gasteiger partial charge in [-0.15, -0.1) is 23.1 Å². The van der Waals surface area contributed by atoms with Gasteiger partial charge in [0, 0.05) is 10.4 Å². The van der Waals surface area contributed by atoms with E-state index in [1.54, 1.807) is 11.3 Å². The first-order valence-electron chi connectivity index (χ1n) is 5.95. The number of carbonyl (C=O) groups excluding carboxylic acids is 1. The first-order chi connectivity index (χ1) is 7.87. The Kier molecular flexibility index (Phi) is 3.66. The van der Waals surface area contributed by atoms with E-state index in [0.717, 1.165) is 28.8 Å². The van der Waals surface area contributed by atoms with Crippen molar-refractivity contribution >= 4 is 28.9 Å². The van der Waals surface area contributed by atoms with Gasteiger partial charge in [0.1, 0.15) is 0 Å². The van der Waals surface area contributed by atoms with E-state index in [9.17, 15) is 4.79 Å². The van der Waals surface area contributed by atoms with E-state index in [0.29, 0.717) is 5.78 Å². The molecule has 0 amide bonds. The van der Waals surface area contributed by atoms with Gasteiger partial charge in [-0.2, -0.15) is 0 Å². The van der Waals surface area contributed by atoms with Gasteiger partial charge in [0.15, 0.2) is 5.78 Å². The Balaban J connectivity index is 2.25. The van der Waals surface area contributed by atoms with Crippen LogP contribution in [0.4, 0.5) is 0 Å². The fourth-order valence-corrected chi connectivity index (χ4v) is 4.77. The molecule has 2 rings (SSSR count). The van der Waals surface area contributed by atoms with Crippen molar-refractivity contribution in [2.45, 2.75) is 17.6 Å². The predicted octanol–water partition coefficient (Wildman–Crippen LogP) is 3.06. The van der Waals surface area contributed by atoms with E-state index in [1.807, 2.05) is 11.8 Å². The molecule has 1 atom stereocenters. The SMILES string of the molecule is Cc1cc2c(s1)SCCC(C[N+](C)(C)C)C2=O. The average Bonchev–Trinajstić information content (AvgIpc) is 2.49. The summed E-state index contributed by atoms with van der Waals surface area (Å²) in [5.41, 5.74) is 0.980. The second kappa shape index (κ2) is 4.75. The highest BCUT2D eigenvalue weighted by Crippen LogP contribution is 2.37. The molecule has 1 aromatic heterocycles. The van der Waals surface area contributed by atoms with Crippen LogP contribution in [0.3, 0.4) is 0 Å². The highest BCUT2D eigenvalue weighted by Gasteiger charge is 2.31. The van der Waals surface area contributed by atoms with E-state index in [4.69, 9.17) is 0 Å². The second-order valence-electron chi connectivity index (χ2n) is 5.73. The molecule has 0 radical (unpaired) electrons. The molecule has 0 saturated heterocycles. The van der Waals surface area contributed by atoms with Crippen LogP contribution in [0.2, 0.25) is 0 Å². The lowest BCUT2D eigenvalue weighted by molar-refractivity contribution is -0.872. The smallest absolute Gasteiger partial charge is 0.173 e. The summed E-state index contributed by atoms with van der Waals surface area (Å²) in [7, 11) is 6.47. The first kappa shape index (κ1) is 13.1. The quantitative estimate of drug-likeness (QED) is 0.768. The van der Waals surface area contributed by atoms with Crippen LogP contribution in [-0.2, 0) is 0 Å². The van der Waals surface area contributed by atoms with Crippen molar-refractivity contribution in [3.63, 3.8) is 0 Å². The minimum atomic E-state index is 0.192. The molecule has 94 valence electrons. The van der Waals surface area contributed by atoms with E-state index >= 15 is 0 Å². The zero-order valence-electron chi connectivity index (χ0n) is 10.9. The lowest BCUT2D eigenvalue weighted by Gasteiger charge is -2.27. The summed E-state index contributed by atoms with van der Waals surface area (Å²) in [6.45, 7) is 3.02. The Hall–Kier alpha value is -0.320. The highest BCUT2D eigenvalue weighted by atomic mass is 32.2. The molecule has 1 aliphatic rings. The molecule has 17 heavy (non-hydrogen) atoms. The Morgan fingerprint density at radius 2 is 2.12 bits per heavy atom. The predicted molar refractivity (Wildman–Crippen MR) is 75.1 cm³/mol. The Morgan fingerprint density at radius 1 is 1.41 bits per heavy atom. The number of rotatable bonds is 2. The number of quaternary nitrogens is 1. The molecule has 0 aliphatic carbocycles. The number of carbonyl (C=O) groups is 1. The fourth-order valence-electron chi connectivity index (χ4n) is 2.25. The topological polar surface area (TPSA) is 17.1 Å². The zero-order valence-corrected chi connectivity index (χ0v) is 12.6. The van der Waals surface area contributed by atoms with Crippen LogP contribution in [0.5, 0.6) is 0 Å². The maximum Gasteiger partial charge on any atom is 0.173 e. The van der Waals surface area contributed by atoms with Crippen LogP contribution in [-0.4, -0.2) is 43.7 Å². The molecular weight excluding hydrogens is 250 g/mol. The van der Waals surface area contributed by atoms with Crippen molar-refractivity contribution in [3.05, 3.63) is 16.5 Å². The number of aryl methyl sites for hydroxylation is 1. The second-order valence-corrected chi connectivity index (χ2v) is 8.35. The third kappa shape index (κ3) is 3.12. The molecule has 0 spiro atoms. The van der Waals surface area contributed by atoms with Crippen molar-refractivity contribution in [1.82, 2.24) is 0 Å². The number of thiophene rings is 1. The van der Waals surface area contributed by atoms with Gasteiger partial charge in [-0.05, 0) is 25.2 Å². The number of thioether (sulfide) groups is 1.